The molecule has 0 amide bonds. The summed E-state index contributed by atoms with van der Waals surface area (Å²) in [4.78, 5) is 8.90. The second-order valence-electron chi connectivity index (χ2n) is 3.44. The van der Waals surface area contributed by atoms with Crippen LogP contribution in [0.2, 0.25) is 0 Å². The third-order valence-electron chi connectivity index (χ3n) is 2.05. The Kier molecular flexibility index (Phi) is 5.70. The van der Waals surface area contributed by atoms with E-state index in [1.54, 1.807) is 0 Å². The number of hydrogen-bond donors (Lipinski definition) is 3. The molecule has 16 heavy (non-hydrogen) atoms. The average Bonchev–Trinajstić information content (AvgIpc) is 2.18. The highest BCUT2D eigenvalue weighted by Gasteiger charge is 2.38. The Labute approximate surface area is 90.0 Å². The van der Waals surface area contributed by atoms with Crippen molar-refractivity contribution in [3.8, 4) is 0 Å². The Morgan fingerprint density at radius 2 is 1.75 bits per heavy atom. The SMILES string of the molecule is NC1(CO)CCOCC1.O=C(O)C(F)(F)F. The third-order valence-corrected chi connectivity index (χ3v) is 2.05. The number of halogens is 3. The van der Waals surface area contributed by atoms with Crippen molar-refractivity contribution in [3.05, 3.63) is 0 Å². The molecule has 0 saturated carbocycles. The van der Waals surface area contributed by atoms with Gasteiger partial charge >= 0.3 is 12.1 Å². The van der Waals surface area contributed by atoms with Crippen LogP contribution < -0.4 is 5.73 Å². The molecule has 0 aromatic carbocycles. The summed E-state index contributed by atoms with van der Waals surface area (Å²) in [6, 6.07) is 0. The van der Waals surface area contributed by atoms with Crippen molar-refractivity contribution in [1.29, 1.82) is 0 Å². The van der Waals surface area contributed by atoms with Crippen LogP contribution in [0.4, 0.5) is 13.2 Å². The highest BCUT2D eigenvalue weighted by molar-refractivity contribution is 5.73. The van der Waals surface area contributed by atoms with Crippen molar-refractivity contribution in [3.63, 3.8) is 0 Å². The molecule has 4 N–H and O–H groups in total. The standard InChI is InChI=1S/C6H13NO2.C2HF3O2/c7-6(5-8)1-3-9-4-2-6;3-2(4,5)1(6)7/h8H,1-5,7H2;(H,6,7). The van der Waals surface area contributed by atoms with Gasteiger partial charge in [-0.3, -0.25) is 0 Å². The van der Waals surface area contributed by atoms with Gasteiger partial charge in [-0.15, -0.1) is 0 Å². The zero-order valence-corrected chi connectivity index (χ0v) is 8.46. The lowest BCUT2D eigenvalue weighted by molar-refractivity contribution is -0.192. The van der Waals surface area contributed by atoms with E-state index in [4.69, 9.17) is 25.5 Å². The van der Waals surface area contributed by atoms with Crippen molar-refractivity contribution in [2.75, 3.05) is 19.8 Å². The molecule has 5 nitrogen and oxygen atoms in total. The first-order chi connectivity index (χ1) is 7.21. The monoisotopic (exact) mass is 245 g/mol. The normalized spacial score (nSPS) is 19.6. The summed E-state index contributed by atoms with van der Waals surface area (Å²) in [6.45, 7) is 1.46. The summed E-state index contributed by atoms with van der Waals surface area (Å²) in [5, 5.41) is 15.9. The highest BCUT2D eigenvalue weighted by Crippen LogP contribution is 2.15. The Morgan fingerprint density at radius 1 is 1.38 bits per heavy atom. The van der Waals surface area contributed by atoms with Crippen LogP contribution in [-0.4, -0.2) is 47.7 Å². The summed E-state index contributed by atoms with van der Waals surface area (Å²) in [5.41, 5.74) is 5.38. The minimum Gasteiger partial charge on any atom is -0.475 e. The van der Waals surface area contributed by atoms with E-state index in [9.17, 15) is 13.2 Å². The Bertz CT molecular complexity index is 226. The van der Waals surface area contributed by atoms with E-state index in [0.29, 0.717) is 13.2 Å². The van der Waals surface area contributed by atoms with E-state index < -0.39 is 12.1 Å². The van der Waals surface area contributed by atoms with Crippen LogP contribution >= 0.6 is 0 Å². The van der Waals surface area contributed by atoms with E-state index in [1.807, 2.05) is 0 Å². The molecule has 0 aromatic heterocycles. The van der Waals surface area contributed by atoms with Crippen molar-refractivity contribution in [1.82, 2.24) is 0 Å². The van der Waals surface area contributed by atoms with Gasteiger partial charge in [0.2, 0.25) is 0 Å². The van der Waals surface area contributed by atoms with Gasteiger partial charge in [0.25, 0.3) is 0 Å². The van der Waals surface area contributed by atoms with Gasteiger partial charge in [-0.2, -0.15) is 13.2 Å². The maximum absolute atomic E-state index is 10.6. The van der Waals surface area contributed by atoms with Crippen LogP contribution in [0.5, 0.6) is 0 Å². The molecule has 0 aliphatic carbocycles. The number of rotatable bonds is 1. The number of aliphatic carboxylic acids is 1. The van der Waals surface area contributed by atoms with Gasteiger partial charge in [0, 0.05) is 18.8 Å². The molecule has 1 aliphatic rings. The molecule has 1 saturated heterocycles. The lowest BCUT2D eigenvalue weighted by Gasteiger charge is -2.30. The molecular formula is C8H14F3NO4. The molecule has 96 valence electrons. The van der Waals surface area contributed by atoms with E-state index in [2.05, 4.69) is 0 Å². The van der Waals surface area contributed by atoms with E-state index in [0.717, 1.165) is 12.8 Å². The first-order valence-electron chi connectivity index (χ1n) is 4.49. The Hall–Kier alpha value is -0.860. The van der Waals surface area contributed by atoms with Gasteiger partial charge in [-0.1, -0.05) is 0 Å². The number of carboxylic acid groups (broad SMARTS) is 1. The van der Waals surface area contributed by atoms with E-state index in [-0.39, 0.29) is 12.1 Å². The predicted molar refractivity (Wildman–Crippen MR) is 47.7 cm³/mol. The van der Waals surface area contributed by atoms with Gasteiger partial charge in [-0.25, -0.2) is 4.79 Å². The number of ether oxygens (including phenoxy) is 1. The van der Waals surface area contributed by atoms with Crippen LogP contribution in [0.15, 0.2) is 0 Å². The van der Waals surface area contributed by atoms with Crippen molar-refractivity contribution in [2.24, 2.45) is 5.73 Å². The van der Waals surface area contributed by atoms with Crippen LogP contribution in [0.1, 0.15) is 12.8 Å². The van der Waals surface area contributed by atoms with Gasteiger partial charge in [0.1, 0.15) is 0 Å². The summed E-state index contributed by atoms with van der Waals surface area (Å²) in [5.74, 6) is -2.76. The largest absolute Gasteiger partial charge is 0.490 e. The summed E-state index contributed by atoms with van der Waals surface area (Å²) in [6.07, 6.45) is -3.52. The topological polar surface area (TPSA) is 92.8 Å². The molecule has 0 aromatic rings. The fourth-order valence-electron chi connectivity index (χ4n) is 0.936. The molecule has 0 atom stereocenters. The number of nitrogens with two attached hydrogens (primary N) is 1. The Morgan fingerprint density at radius 3 is 1.94 bits per heavy atom. The number of alkyl halides is 3. The minimum atomic E-state index is -5.08. The highest BCUT2D eigenvalue weighted by atomic mass is 19.4. The lowest BCUT2D eigenvalue weighted by atomic mass is 9.93. The molecule has 8 heteroatoms. The van der Waals surface area contributed by atoms with Gasteiger partial charge in [0.15, 0.2) is 0 Å². The second-order valence-corrected chi connectivity index (χ2v) is 3.44. The molecular weight excluding hydrogens is 231 g/mol. The number of aliphatic hydroxyl groups is 1. The zero-order chi connectivity index (χ0) is 12.8. The van der Waals surface area contributed by atoms with Crippen LogP contribution in [-0.2, 0) is 9.53 Å². The molecule has 1 rings (SSSR count). The molecule has 0 unspecified atom stereocenters. The average molecular weight is 245 g/mol. The Balaban J connectivity index is 0.000000293. The fraction of sp³-hybridized carbons (Fsp3) is 0.875. The van der Waals surface area contributed by atoms with Crippen molar-refractivity contribution < 1.29 is 32.9 Å². The smallest absolute Gasteiger partial charge is 0.475 e. The molecule has 0 radical (unpaired) electrons. The van der Waals surface area contributed by atoms with Gasteiger partial charge in [-0.05, 0) is 12.8 Å². The van der Waals surface area contributed by atoms with E-state index in [1.165, 1.54) is 0 Å². The first kappa shape index (κ1) is 15.1. The summed E-state index contributed by atoms with van der Waals surface area (Å²) < 4.78 is 36.8. The van der Waals surface area contributed by atoms with Crippen LogP contribution in [0.3, 0.4) is 0 Å². The molecule has 1 heterocycles. The number of carboxylic acids is 1. The fourth-order valence-corrected chi connectivity index (χ4v) is 0.936. The molecule has 0 spiro atoms. The molecule has 0 bridgehead atoms. The second kappa shape index (κ2) is 6.02. The third kappa shape index (κ3) is 5.89. The van der Waals surface area contributed by atoms with Gasteiger partial charge in [0.05, 0.1) is 6.61 Å². The van der Waals surface area contributed by atoms with Crippen LogP contribution in [0, 0.1) is 0 Å². The maximum atomic E-state index is 10.6. The minimum absolute atomic E-state index is 0.0797. The quantitative estimate of drug-likeness (QED) is 0.610. The number of aliphatic hydroxyl groups excluding tert-OH is 1. The predicted octanol–water partition coefficient (Wildman–Crippen LogP) is 0.120. The van der Waals surface area contributed by atoms with E-state index >= 15 is 0 Å². The molecule has 1 fully saturated rings. The lowest BCUT2D eigenvalue weighted by Crippen LogP contribution is -2.48. The van der Waals surface area contributed by atoms with Crippen molar-refractivity contribution >= 4 is 5.97 Å². The van der Waals surface area contributed by atoms with Crippen molar-refractivity contribution in [2.45, 2.75) is 24.6 Å². The first-order valence-corrected chi connectivity index (χ1v) is 4.49. The van der Waals surface area contributed by atoms with Crippen LogP contribution in [0.25, 0.3) is 0 Å². The summed E-state index contributed by atoms with van der Waals surface area (Å²) in [7, 11) is 0. The number of hydrogen-bond acceptors (Lipinski definition) is 4. The zero-order valence-electron chi connectivity index (χ0n) is 8.46. The molecule has 1 aliphatic heterocycles. The summed E-state index contributed by atoms with van der Waals surface area (Å²) >= 11 is 0. The number of carbonyl (C=O) groups is 1. The van der Waals surface area contributed by atoms with Gasteiger partial charge < -0.3 is 20.7 Å². The maximum Gasteiger partial charge on any atom is 0.490 e.